The summed E-state index contributed by atoms with van der Waals surface area (Å²) in [6.45, 7) is 3.15. The number of aryl methyl sites for hydroxylation is 1. The highest BCUT2D eigenvalue weighted by Gasteiger charge is 2.22. The first kappa shape index (κ1) is 14.3. The van der Waals surface area contributed by atoms with Crippen LogP contribution in [-0.2, 0) is 9.53 Å². The summed E-state index contributed by atoms with van der Waals surface area (Å²) in [5, 5.41) is 14.6. The van der Waals surface area contributed by atoms with Crippen LogP contribution < -0.4 is 11.1 Å². The standard InChI is InChI=1S/C14H19N3O3/c1-9-2-3-11(13(15)17-19)8-12(9)16-14(18)10-4-6-20-7-5-10/h2-3,8,10,19H,4-7H2,1H3,(H2,15,17)(H,16,18). The summed E-state index contributed by atoms with van der Waals surface area (Å²) in [6.07, 6.45) is 1.48. The van der Waals surface area contributed by atoms with E-state index in [1.165, 1.54) is 0 Å². The second kappa shape index (κ2) is 6.38. The number of ether oxygens (including phenoxy) is 1. The third-order valence-electron chi connectivity index (χ3n) is 3.49. The quantitative estimate of drug-likeness (QED) is 0.337. The molecule has 1 heterocycles. The maximum absolute atomic E-state index is 12.2. The number of rotatable bonds is 3. The molecule has 0 aliphatic carbocycles. The predicted octanol–water partition coefficient (Wildman–Crippen LogP) is 1.45. The molecule has 1 aromatic rings. The Kier molecular flexibility index (Phi) is 4.57. The largest absolute Gasteiger partial charge is 0.409 e. The topological polar surface area (TPSA) is 96.9 Å². The number of amidine groups is 1. The average Bonchev–Trinajstić information content (AvgIpc) is 2.49. The maximum Gasteiger partial charge on any atom is 0.227 e. The van der Waals surface area contributed by atoms with Crippen LogP contribution in [0, 0.1) is 12.8 Å². The molecule has 0 saturated carbocycles. The molecule has 0 radical (unpaired) electrons. The van der Waals surface area contributed by atoms with E-state index in [1.807, 2.05) is 13.0 Å². The summed E-state index contributed by atoms with van der Waals surface area (Å²) in [6, 6.07) is 5.28. The molecule has 4 N–H and O–H groups in total. The number of nitrogens with zero attached hydrogens (tertiary/aromatic N) is 1. The molecule has 1 aliphatic heterocycles. The van der Waals surface area contributed by atoms with Crippen molar-refractivity contribution in [1.82, 2.24) is 0 Å². The van der Waals surface area contributed by atoms with E-state index in [0.717, 1.165) is 18.4 Å². The molecule has 1 aromatic carbocycles. The van der Waals surface area contributed by atoms with Gasteiger partial charge in [-0.25, -0.2) is 0 Å². The minimum Gasteiger partial charge on any atom is -0.409 e. The van der Waals surface area contributed by atoms with E-state index in [9.17, 15) is 4.79 Å². The van der Waals surface area contributed by atoms with Crippen molar-refractivity contribution in [3.63, 3.8) is 0 Å². The summed E-state index contributed by atoms with van der Waals surface area (Å²) in [7, 11) is 0. The zero-order valence-corrected chi connectivity index (χ0v) is 11.4. The van der Waals surface area contributed by atoms with Gasteiger partial charge in [-0.1, -0.05) is 17.3 Å². The number of nitrogens with two attached hydrogens (primary N) is 1. The summed E-state index contributed by atoms with van der Waals surface area (Å²) < 4.78 is 5.25. The summed E-state index contributed by atoms with van der Waals surface area (Å²) in [5.74, 6) is -0.00436. The number of amides is 1. The highest BCUT2D eigenvalue weighted by Crippen LogP contribution is 2.21. The van der Waals surface area contributed by atoms with Crippen molar-refractivity contribution in [1.29, 1.82) is 0 Å². The van der Waals surface area contributed by atoms with Gasteiger partial charge < -0.3 is 21.0 Å². The first-order chi connectivity index (χ1) is 9.61. The molecule has 20 heavy (non-hydrogen) atoms. The summed E-state index contributed by atoms with van der Waals surface area (Å²) >= 11 is 0. The van der Waals surface area contributed by atoms with Gasteiger partial charge in [0.2, 0.25) is 5.91 Å². The summed E-state index contributed by atoms with van der Waals surface area (Å²) in [4.78, 5) is 12.2. The average molecular weight is 277 g/mol. The van der Waals surface area contributed by atoms with Crippen molar-refractivity contribution < 1.29 is 14.7 Å². The first-order valence-electron chi connectivity index (χ1n) is 6.59. The Morgan fingerprint density at radius 1 is 1.45 bits per heavy atom. The van der Waals surface area contributed by atoms with Gasteiger partial charge in [0.25, 0.3) is 0 Å². The fourth-order valence-electron chi connectivity index (χ4n) is 2.17. The Balaban J connectivity index is 2.13. The van der Waals surface area contributed by atoms with Crippen LogP contribution in [0.25, 0.3) is 0 Å². The fourth-order valence-corrected chi connectivity index (χ4v) is 2.17. The third-order valence-corrected chi connectivity index (χ3v) is 3.49. The van der Waals surface area contributed by atoms with E-state index in [2.05, 4.69) is 10.5 Å². The molecule has 2 rings (SSSR count). The molecule has 1 amide bonds. The van der Waals surface area contributed by atoms with Gasteiger partial charge in [0.15, 0.2) is 5.84 Å². The minimum atomic E-state index is -0.0179. The number of benzene rings is 1. The lowest BCUT2D eigenvalue weighted by molar-refractivity contribution is -0.122. The third kappa shape index (κ3) is 3.27. The van der Waals surface area contributed by atoms with Gasteiger partial charge in [-0.2, -0.15) is 0 Å². The number of nitrogens with one attached hydrogen (secondary N) is 1. The Morgan fingerprint density at radius 2 is 2.15 bits per heavy atom. The van der Waals surface area contributed by atoms with E-state index < -0.39 is 0 Å². The summed E-state index contributed by atoms with van der Waals surface area (Å²) in [5.41, 5.74) is 7.74. The Labute approximate surface area is 117 Å². The lowest BCUT2D eigenvalue weighted by Crippen LogP contribution is -2.29. The minimum absolute atomic E-state index is 0.00643. The number of carbonyl (C=O) groups excluding carboxylic acids is 1. The van der Waals surface area contributed by atoms with E-state index in [0.29, 0.717) is 24.5 Å². The van der Waals surface area contributed by atoms with Crippen molar-refractivity contribution in [2.45, 2.75) is 19.8 Å². The van der Waals surface area contributed by atoms with Gasteiger partial charge in [0, 0.05) is 30.4 Å². The molecule has 6 heteroatoms. The number of hydrogen-bond acceptors (Lipinski definition) is 4. The molecular weight excluding hydrogens is 258 g/mol. The molecule has 1 aliphatic rings. The van der Waals surface area contributed by atoms with Crippen molar-refractivity contribution in [3.8, 4) is 0 Å². The number of carbonyl (C=O) groups is 1. The van der Waals surface area contributed by atoms with Gasteiger partial charge in [-0.05, 0) is 31.4 Å². The zero-order chi connectivity index (χ0) is 14.5. The van der Waals surface area contributed by atoms with Crippen LogP contribution in [0.4, 0.5) is 5.69 Å². The molecule has 0 atom stereocenters. The molecule has 0 bridgehead atoms. The highest BCUT2D eigenvalue weighted by molar-refractivity contribution is 6.00. The predicted molar refractivity (Wildman–Crippen MR) is 75.9 cm³/mol. The fraction of sp³-hybridized carbons (Fsp3) is 0.429. The van der Waals surface area contributed by atoms with E-state index in [1.54, 1.807) is 12.1 Å². The molecule has 108 valence electrons. The molecule has 1 saturated heterocycles. The van der Waals surface area contributed by atoms with Crippen LogP contribution in [0.15, 0.2) is 23.4 Å². The SMILES string of the molecule is Cc1ccc(C(N)=NO)cc1NC(=O)C1CCOCC1. The van der Waals surface area contributed by atoms with E-state index >= 15 is 0 Å². The second-order valence-electron chi connectivity index (χ2n) is 4.89. The molecule has 6 nitrogen and oxygen atoms in total. The van der Waals surface area contributed by atoms with Gasteiger partial charge in [-0.3, -0.25) is 4.79 Å². The van der Waals surface area contributed by atoms with Crippen molar-refractivity contribution in [2.75, 3.05) is 18.5 Å². The van der Waals surface area contributed by atoms with E-state index in [-0.39, 0.29) is 17.7 Å². The zero-order valence-electron chi connectivity index (χ0n) is 11.4. The monoisotopic (exact) mass is 277 g/mol. The molecule has 0 unspecified atom stereocenters. The highest BCUT2D eigenvalue weighted by atomic mass is 16.5. The van der Waals surface area contributed by atoms with Crippen molar-refractivity contribution >= 4 is 17.4 Å². The van der Waals surface area contributed by atoms with Gasteiger partial charge in [0.05, 0.1) is 0 Å². The Morgan fingerprint density at radius 3 is 2.80 bits per heavy atom. The number of anilines is 1. The first-order valence-corrected chi connectivity index (χ1v) is 6.59. The van der Waals surface area contributed by atoms with Crippen LogP contribution >= 0.6 is 0 Å². The Bertz CT molecular complexity index is 522. The van der Waals surface area contributed by atoms with Gasteiger partial charge >= 0.3 is 0 Å². The smallest absolute Gasteiger partial charge is 0.227 e. The lowest BCUT2D eigenvalue weighted by Gasteiger charge is -2.21. The number of hydrogen-bond donors (Lipinski definition) is 3. The maximum atomic E-state index is 12.2. The normalized spacial score (nSPS) is 16.9. The van der Waals surface area contributed by atoms with Crippen LogP contribution in [0.5, 0.6) is 0 Å². The molecule has 1 fully saturated rings. The number of oxime groups is 1. The van der Waals surface area contributed by atoms with Crippen LogP contribution in [-0.4, -0.2) is 30.2 Å². The Hall–Kier alpha value is -2.08. The van der Waals surface area contributed by atoms with Gasteiger partial charge in [0.1, 0.15) is 0 Å². The van der Waals surface area contributed by atoms with Crippen LogP contribution in [0.3, 0.4) is 0 Å². The second-order valence-corrected chi connectivity index (χ2v) is 4.89. The lowest BCUT2D eigenvalue weighted by atomic mass is 9.99. The van der Waals surface area contributed by atoms with E-state index in [4.69, 9.17) is 15.7 Å². The van der Waals surface area contributed by atoms with Crippen molar-refractivity contribution in [3.05, 3.63) is 29.3 Å². The molecule has 0 spiro atoms. The van der Waals surface area contributed by atoms with Crippen LogP contribution in [0.1, 0.15) is 24.0 Å². The van der Waals surface area contributed by atoms with Crippen molar-refractivity contribution in [2.24, 2.45) is 16.8 Å². The molecular formula is C14H19N3O3. The van der Waals surface area contributed by atoms with Gasteiger partial charge in [-0.15, -0.1) is 0 Å². The molecule has 0 aromatic heterocycles. The van der Waals surface area contributed by atoms with Crippen LogP contribution in [0.2, 0.25) is 0 Å².